The third kappa shape index (κ3) is 2.72. The molecule has 0 bridgehead atoms. The minimum atomic E-state index is 0.337. The van der Waals surface area contributed by atoms with Crippen LogP contribution in [-0.2, 0) is 6.54 Å². The van der Waals surface area contributed by atoms with E-state index in [-0.39, 0.29) is 0 Å². The van der Waals surface area contributed by atoms with Crippen molar-refractivity contribution in [3.05, 3.63) is 46.3 Å². The Morgan fingerprint density at radius 2 is 2.19 bits per heavy atom. The molecule has 2 aromatic heterocycles. The predicted octanol–water partition coefficient (Wildman–Crippen LogP) is 3.05. The van der Waals surface area contributed by atoms with E-state index in [9.17, 15) is 0 Å². The SMILES string of the molecule is COc1cccc(Cl)c1CNc1cc(Cl)nc2ncnn12. The number of methoxy groups -OCH3 is 1. The highest BCUT2D eigenvalue weighted by Crippen LogP contribution is 2.27. The van der Waals surface area contributed by atoms with E-state index in [1.807, 2.05) is 18.2 Å². The Labute approximate surface area is 130 Å². The van der Waals surface area contributed by atoms with E-state index in [2.05, 4.69) is 20.4 Å². The van der Waals surface area contributed by atoms with E-state index < -0.39 is 0 Å². The first-order valence-corrected chi connectivity index (χ1v) is 6.86. The number of halogens is 2. The van der Waals surface area contributed by atoms with Crippen LogP contribution < -0.4 is 10.1 Å². The van der Waals surface area contributed by atoms with Gasteiger partial charge in [0.1, 0.15) is 23.0 Å². The van der Waals surface area contributed by atoms with Crippen LogP contribution in [0.5, 0.6) is 5.75 Å². The molecule has 3 aromatic rings. The van der Waals surface area contributed by atoms with Gasteiger partial charge in [0.05, 0.1) is 7.11 Å². The van der Waals surface area contributed by atoms with Crippen LogP contribution in [-0.4, -0.2) is 26.7 Å². The molecule has 0 saturated carbocycles. The molecule has 0 aliphatic rings. The Hall–Kier alpha value is -2.05. The van der Waals surface area contributed by atoms with Crippen molar-refractivity contribution in [2.75, 3.05) is 12.4 Å². The first kappa shape index (κ1) is 13.9. The van der Waals surface area contributed by atoms with Crippen LogP contribution in [0.25, 0.3) is 5.78 Å². The second-order valence-corrected chi connectivity index (χ2v) is 5.00. The first-order chi connectivity index (χ1) is 10.2. The van der Waals surface area contributed by atoms with Gasteiger partial charge in [-0.2, -0.15) is 19.6 Å². The Bertz CT molecular complexity index is 789. The normalized spacial score (nSPS) is 10.8. The predicted molar refractivity (Wildman–Crippen MR) is 81.1 cm³/mol. The molecule has 0 unspecified atom stereocenters. The van der Waals surface area contributed by atoms with Crippen LogP contribution in [0, 0.1) is 0 Å². The third-order valence-corrected chi connectivity index (χ3v) is 3.51. The summed E-state index contributed by atoms with van der Waals surface area (Å²) in [7, 11) is 1.61. The molecule has 108 valence electrons. The summed E-state index contributed by atoms with van der Waals surface area (Å²) in [5, 5.41) is 8.27. The van der Waals surface area contributed by atoms with Crippen molar-refractivity contribution >= 4 is 34.8 Å². The second-order valence-electron chi connectivity index (χ2n) is 4.21. The van der Waals surface area contributed by atoms with Crippen molar-refractivity contribution < 1.29 is 4.74 Å². The molecule has 1 aromatic carbocycles. The monoisotopic (exact) mass is 323 g/mol. The number of hydrogen-bond donors (Lipinski definition) is 1. The fourth-order valence-electron chi connectivity index (χ4n) is 1.99. The fraction of sp³-hybridized carbons (Fsp3) is 0.154. The minimum Gasteiger partial charge on any atom is -0.496 e. The summed E-state index contributed by atoms with van der Waals surface area (Å²) in [6, 6.07) is 7.18. The lowest BCUT2D eigenvalue weighted by atomic mass is 10.2. The molecule has 0 fully saturated rings. The second kappa shape index (κ2) is 5.75. The van der Waals surface area contributed by atoms with Gasteiger partial charge >= 0.3 is 0 Å². The van der Waals surface area contributed by atoms with Crippen LogP contribution in [0.15, 0.2) is 30.6 Å². The van der Waals surface area contributed by atoms with Gasteiger partial charge in [0.15, 0.2) is 0 Å². The maximum atomic E-state index is 6.21. The van der Waals surface area contributed by atoms with Gasteiger partial charge in [-0.25, -0.2) is 0 Å². The van der Waals surface area contributed by atoms with Gasteiger partial charge in [-0.15, -0.1) is 0 Å². The maximum Gasteiger partial charge on any atom is 0.255 e. The minimum absolute atomic E-state index is 0.337. The lowest BCUT2D eigenvalue weighted by Gasteiger charge is -2.12. The van der Waals surface area contributed by atoms with Crippen molar-refractivity contribution in [3.8, 4) is 5.75 Å². The maximum absolute atomic E-state index is 6.21. The number of aromatic nitrogens is 4. The van der Waals surface area contributed by atoms with Gasteiger partial charge in [-0.3, -0.25) is 0 Å². The van der Waals surface area contributed by atoms with E-state index in [1.54, 1.807) is 17.7 Å². The lowest BCUT2D eigenvalue weighted by molar-refractivity contribution is 0.410. The summed E-state index contributed by atoms with van der Waals surface area (Å²) in [5.74, 6) is 1.81. The highest BCUT2D eigenvalue weighted by molar-refractivity contribution is 6.31. The Morgan fingerprint density at radius 3 is 3.00 bits per heavy atom. The first-order valence-electron chi connectivity index (χ1n) is 6.10. The van der Waals surface area contributed by atoms with E-state index in [1.165, 1.54) is 6.33 Å². The average Bonchev–Trinajstić information content (AvgIpc) is 2.93. The summed E-state index contributed by atoms with van der Waals surface area (Å²) in [6.45, 7) is 0.456. The number of fused-ring (bicyclic) bond motifs is 1. The molecule has 0 amide bonds. The van der Waals surface area contributed by atoms with E-state index in [0.717, 1.165) is 5.56 Å². The lowest BCUT2D eigenvalue weighted by Crippen LogP contribution is -2.07. The van der Waals surface area contributed by atoms with Crippen LogP contribution >= 0.6 is 23.2 Å². The highest BCUT2D eigenvalue weighted by atomic mass is 35.5. The number of ether oxygens (including phenoxy) is 1. The van der Waals surface area contributed by atoms with Crippen molar-refractivity contribution in [2.45, 2.75) is 6.54 Å². The Morgan fingerprint density at radius 1 is 1.33 bits per heavy atom. The molecule has 0 aliphatic heterocycles. The topological polar surface area (TPSA) is 64.3 Å². The molecule has 6 nitrogen and oxygen atoms in total. The van der Waals surface area contributed by atoms with E-state index >= 15 is 0 Å². The summed E-state index contributed by atoms with van der Waals surface area (Å²) in [6.07, 6.45) is 1.42. The zero-order chi connectivity index (χ0) is 14.8. The zero-order valence-corrected chi connectivity index (χ0v) is 12.6. The fourth-order valence-corrected chi connectivity index (χ4v) is 2.40. The molecule has 0 atom stereocenters. The molecular weight excluding hydrogens is 313 g/mol. The molecule has 0 spiro atoms. The van der Waals surface area contributed by atoms with Gasteiger partial charge < -0.3 is 10.1 Å². The zero-order valence-electron chi connectivity index (χ0n) is 11.0. The van der Waals surface area contributed by atoms with Crippen LogP contribution in [0.2, 0.25) is 10.2 Å². The molecule has 21 heavy (non-hydrogen) atoms. The summed E-state index contributed by atoms with van der Waals surface area (Å²) < 4.78 is 6.88. The molecule has 0 saturated heterocycles. The van der Waals surface area contributed by atoms with Crippen molar-refractivity contribution in [3.63, 3.8) is 0 Å². The smallest absolute Gasteiger partial charge is 0.255 e. The van der Waals surface area contributed by atoms with E-state index in [0.29, 0.717) is 34.1 Å². The number of anilines is 1. The largest absolute Gasteiger partial charge is 0.496 e. The summed E-state index contributed by atoms with van der Waals surface area (Å²) in [5.41, 5.74) is 0.850. The molecule has 8 heteroatoms. The number of rotatable bonds is 4. The average molecular weight is 324 g/mol. The molecule has 0 aliphatic carbocycles. The van der Waals surface area contributed by atoms with Gasteiger partial charge in [-0.1, -0.05) is 29.3 Å². The van der Waals surface area contributed by atoms with Crippen molar-refractivity contribution in [2.24, 2.45) is 0 Å². The molecule has 3 rings (SSSR count). The molecule has 0 radical (unpaired) electrons. The van der Waals surface area contributed by atoms with Gasteiger partial charge in [0.2, 0.25) is 0 Å². The Kier molecular flexibility index (Phi) is 3.81. The third-order valence-electron chi connectivity index (χ3n) is 2.96. The molecular formula is C13H11Cl2N5O. The van der Waals surface area contributed by atoms with Crippen LogP contribution in [0.1, 0.15) is 5.56 Å². The quantitative estimate of drug-likeness (QED) is 0.747. The van der Waals surface area contributed by atoms with E-state index in [4.69, 9.17) is 27.9 Å². The van der Waals surface area contributed by atoms with Gasteiger partial charge in [0.25, 0.3) is 5.78 Å². The van der Waals surface area contributed by atoms with Crippen LogP contribution in [0.4, 0.5) is 5.82 Å². The van der Waals surface area contributed by atoms with Crippen molar-refractivity contribution in [1.29, 1.82) is 0 Å². The van der Waals surface area contributed by atoms with Crippen LogP contribution in [0.3, 0.4) is 0 Å². The Balaban J connectivity index is 1.92. The standard InChI is InChI=1S/C13H11Cl2N5O/c1-21-10-4-2-3-9(14)8(10)6-16-12-5-11(15)19-13-17-7-18-20(12)13/h2-5,7,16H,6H2,1H3. The molecule has 2 heterocycles. The number of nitrogens with zero attached hydrogens (tertiary/aromatic N) is 4. The number of benzene rings is 1. The van der Waals surface area contributed by atoms with Gasteiger partial charge in [-0.05, 0) is 12.1 Å². The highest BCUT2D eigenvalue weighted by Gasteiger charge is 2.10. The van der Waals surface area contributed by atoms with Crippen molar-refractivity contribution in [1.82, 2.24) is 19.6 Å². The number of nitrogens with one attached hydrogen (secondary N) is 1. The summed E-state index contributed by atoms with van der Waals surface area (Å²) in [4.78, 5) is 8.08. The number of hydrogen-bond acceptors (Lipinski definition) is 5. The van der Waals surface area contributed by atoms with Gasteiger partial charge in [0, 0.05) is 23.2 Å². The summed E-state index contributed by atoms with van der Waals surface area (Å²) >= 11 is 12.2. The molecule has 1 N–H and O–H groups in total.